The van der Waals surface area contributed by atoms with Crippen LogP contribution < -0.4 is 5.32 Å². The molecule has 0 saturated carbocycles. The molecule has 0 aromatic carbocycles. The zero-order valence-electron chi connectivity index (χ0n) is 8.76. The Morgan fingerprint density at radius 1 is 1.54 bits per heavy atom. The van der Waals surface area contributed by atoms with Crippen LogP contribution >= 0.6 is 0 Å². The first-order valence-corrected chi connectivity index (χ1v) is 6.05. The lowest BCUT2D eigenvalue weighted by Crippen LogP contribution is -2.43. The van der Waals surface area contributed by atoms with Crippen LogP contribution in [0.2, 0.25) is 0 Å². The van der Waals surface area contributed by atoms with Crippen LogP contribution in [-0.2, 0) is 10.8 Å². The van der Waals surface area contributed by atoms with Gasteiger partial charge >= 0.3 is 0 Å². The Labute approximate surface area is 83.0 Å². The van der Waals surface area contributed by atoms with Crippen LogP contribution in [-0.4, -0.2) is 27.8 Å². The van der Waals surface area contributed by atoms with Crippen LogP contribution in [0.15, 0.2) is 0 Å². The highest BCUT2D eigenvalue weighted by Crippen LogP contribution is 2.03. The van der Waals surface area contributed by atoms with Crippen LogP contribution in [0.5, 0.6) is 0 Å². The van der Waals surface area contributed by atoms with E-state index < -0.39 is 10.8 Å². The maximum absolute atomic E-state index is 10.8. The van der Waals surface area contributed by atoms with Gasteiger partial charge in [-0.15, -0.1) is 0 Å². The summed E-state index contributed by atoms with van der Waals surface area (Å²) >= 11 is 0. The molecule has 0 amide bonds. The lowest BCUT2D eigenvalue weighted by molar-refractivity contribution is 0.391. The highest BCUT2D eigenvalue weighted by molar-refractivity contribution is 7.84. The standard InChI is InChI=1S/C9H18N2OS/c1-9(2,3)11-8(7-10)5-6-13(4)12/h8,11H,5-6H2,1-4H3. The minimum atomic E-state index is -0.807. The number of nitrogens with one attached hydrogen (secondary N) is 1. The molecule has 0 radical (unpaired) electrons. The molecule has 3 nitrogen and oxygen atoms in total. The molecule has 2 unspecified atom stereocenters. The Hall–Kier alpha value is -0.400. The van der Waals surface area contributed by atoms with Crippen molar-refractivity contribution in [3.05, 3.63) is 0 Å². The number of nitrogens with zero attached hydrogens (tertiary/aromatic N) is 1. The molecule has 2 atom stereocenters. The molecule has 0 saturated heterocycles. The first-order chi connectivity index (χ1) is 5.85. The Morgan fingerprint density at radius 3 is 2.38 bits per heavy atom. The van der Waals surface area contributed by atoms with Gasteiger partial charge in [-0.3, -0.25) is 9.53 Å². The largest absolute Gasteiger partial charge is 0.297 e. The predicted octanol–water partition coefficient (Wildman–Crippen LogP) is 1.04. The molecular weight excluding hydrogens is 184 g/mol. The van der Waals surface area contributed by atoms with Gasteiger partial charge in [0.2, 0.25) is 0 Å². The summed E-state index contributed by atoms with van der Waals surface area (Å²) in [5.41, 5.74) is -0.0599. The summed E-state index contributed by atoms with van der Waals surface area (Å²) in [5, 5.41) is 12.0. The Balaban J connectivity index is 3.93. The second-order valence-electron chi connectivity index (χ2n) is 4.14. The molecule has 0 bridgehead atoms. The molecule has 0 rings (SSSR count). The molecule has 0 spiro atoms. The molecule has 0 aliphatic heterocycles. The minimum Gasteiger partial charge on any atom is -0.297 e. The maximum atomic E-state index is 10.8. The van der Waals surface area contributed by atoms with Crippen molar-refractivity contribution in [1.82, 2.24) is 5.32 Å². The molecule has 0 aliphatic rings. The SMILES string of the molecule is CS(=O)CCC(C#N)NC(C)(C)C. The Bertz CT molecular complexity index is 215. The zero-order valence-corrected chi connectivity index (χ0v) is 9.57. The maximum Gasteiger partial charge on any atom is 0.0965 e. The van der Waals surface area contributed by atoms with Gasteiger partial charge in [0.1, 0.15) is 0 Å². The number of nitriles is 1. The molecular formula is C9H18N2OS. The van der Waals surface area contributed by atoms with Gasteiger partial charge in [0.05, 0.1) is 12.1 Å². The molecule has 0 aromatic heterocycles. The van der Waals surface area contributed by atoms with Crippen LogP contribution in [0.4, 0.5) is 0 Å². The van der Waals surface area contributed by atoms with E-state index in [1.165, 1.54) is 0 Å². The minimum absolute atomic E-state index is 0.0599. The van der Waals surface area contributed by atoms with Crippen LogP contribution in [0.3, 0.4) is 0 Å². The topological polar surface area (TPSA) is 52.9 Å². The van der Waals surface area contributed by atoms with Crippen molar-refractivity contribution in [2.24, 2.45) is 0 Å². The number of rotatable bonds is 4. The summed E-state index contributed by atoms with van der Waals surface area (Å²) in [6.07, 6.45) is 2.31. The molecule has 0 heterocycles. The van der Waals surface area contributed by atoms with E-state index in [1.807, 2.05) is 20.8 Å². The highest BCUT2D eigenvalue weighted by atomic mass is 32.2. The van der Waals surface area contributed by atoms with Crippen molar-refractivity contribution in [2.75, 3.05) is 12.0 Å². The van der Waals surface area contributed by atoms with E-state index in [9.17, 15) is 4.21 Å². The first kappa shape index (κ1) is 12.6. The third-order valence-corrected chi connectivity index (χ3v) is 2.27. The molecule has 0 aromatic rings. The van der Waals surface area contributed by atoms with Crippen molar-refractivity contribution in [1.29, 1.82) is 5.26 Å². The van der Waals surface area contributed by atoms with Gasteiger partial charge in [-0.1, -0.05) is 0 Å². The summed E-state index contributed by atoms with van der Waals surface area (Å²) in [6.45, 7) is 6.04. The summed E-state index contributed by atoms with van der Waals surface area (Å²) < 4.78 is 10.8. The third-order valence-electron chi connectivity index (χ3n) is 1.46. The fraction of sp³-hybridized carbons (Fsp3) is 0.889. The second-order valence-corrected chi connectivity index (χ2v) is 5.70. The van der Waals surface area contributed by atoms with E-state index in [0.717, 1.165) is 0 Å². The van der Waals surface area contributed by atoms with E-state index in [4.69, 9.17) is 5.26 Å². The summed E-state index contributed by atoms with van der Waals surface area (Å²) in [4.78, 5) is 0. The monoisotopic (exact) mass is 202 g/mol. The van der Waals surface area contributed by atoms with Gasteiger partial charge < -0.3 is 0 Å². The van der Waals surface area contributed by atoms with Crippen molar-refractivity contribution in [2.45, 2.75) is 38.8 Å². The smallest absolute Gasteiger partial charge is 0.0965 e. The molecule has 13 heavy (non-hydrogen) atoms. The fourth-order valence-corrected chi connectivity index (χ4v) is 1.54. The fourth-order valence-electron chi connectivity index (χ4n) is 0.976. The number of hydrogen-bond donors (Lipinski definition) is 1. The van der Waals surface area contributed by atoms with E-state index in [2.05, 4.69) is 11.4 Å². The quantitative estimate of drug-likeness (QED) is 0.741. The van der Waals surface area contributed by atoms with E-state index in [0.29, 0.717) is 12.2 Å². The van der Waals surface area contributed by atoms with Gasteiger partial charge in [-0.2, -0.15) is 5.26 Å². The van der Waals surface area contributed by atoms with Crippen molar-refractivity contribution in [3.8, 4) is 6.07 Å². The lowest BCUT2D eigenvalue weighted by atomic mass is 10.1. The Kier molecular flexibility index (Phi) is 5.19. The second kappa shape index (κ2) is 5.36. The van der Waals surface area contributed by atoms with Crippen molar-refractivity contribution >= 4 is 10.8 Å². The normalized spacial score (nSPS) is 16.2. The van der Waals surface area contributed by atoms with Crippen LogP contribution in [0.1, 0.15) is 27.2 Å². The van der Waals surface area contributed by atoms with Crippen LogP contribution in [0, 0.1) is 11.3 Å². The van der Waals surface area contributed by atoms with Crippen molar-refractivity contribution in [3.63, 3.8) is 0 Å². The lowest BCUT2D eigenvalue weighted by Gasteiger charge is -2.24. The van der Waals surface area contributed by atoms with Gasteiger partial charge in [-0.25, -0.2) is 0 Å². The zero-order chi connectivity index (χ0) is 10.5. The molecule has 76 valence electrons. The molecule has 0 fully saturated rings. The summed E-state index contributed by atoms with van der Waals surface area (Å²) in [5.74, 6) is 0.585. The van der Waals surface area contributed by atoms with E-state index >= 15 is 0 Å². The highest BCUT2D eigenvalue weighted by Gasteiger charge is 2.16. The van der Waals surface area contributed by atoms with Gasteiger partial charge in [0.15, 0.2) is 0 Å². The summed E-state index contributed by atoms with van der Waals surface area (Å²) in [6, 6.07) is 1.98. The van der Waals surface area contributed by atoms with Gasteiger partial charge in [-0.05, 0) is 27.2 Å². The van der Waals surface area contributed by atoms with E-state index in [1.54, 1.807) is 6.26 Å². The average Bonchev–Trinajstić information content (AvgIpc) is 1.95. The molecule has 0 aliphatic carbocycles. The van der Waals surface area contributed by atoms with Gasteiger partial charge in [0.25, 0.3) is 0 Å². The average molecular weight is 202 g/mol. The van der Waals surface area contributed by atoms with Gasteiger partial charge in [0, 0.05) is 28.3 Å². The Morgan fingerprint density at radius 2 is 2.08 bits per heavy atom. The predicted molar refractivity (Wildman–Crippen MR) is 55.8 cm³/mol. The number of hydrogen-bond acceptors (Lipinski definition) is 3. The molecule has 1 N–H and O–H groups in total. The van der Waals surface area contributed by atoms with Crippen molar-refractivity contribution < 1.29 is 4.21 Å². The van der Waals surface area contributed by atoms with E-state index in [-0.39, 0.29) is 11.6 Å². The van der Waals surface area contributed by atoms with Crippen LogP contribution in [0.25, 0.3) is 0 Å². The first-order valence-electron chi connectivity index (χ1n) is 4.32. The summed E-state index contributed by atoms with van der Waals surface area (Å²) in [7, 11) is -0.807. The third kappa shape index (κ3) is 7.94. The molecule has 4 heteroatoms.